The van der Waals surface area contributed by atoms with Gasteiger partial charge in [-0.2, -0.15) is 0 Å². The standard InChI is InChI=1S/C32H32ClNO5/c1-31(2,3)29(36)26-24(18-32(4,5)30(37)38)27(28(35)21-11-13-22(33)14-12-21)34-16-15-23(17-25(26)34)39-19-20-9-7-6-8-10-20/h6-17H,18-19H2,1-5H3,(H,37,38). The Bertz CT molecular complexity index is 1540. The van der Waals surface area contributed by atoms with Crippen molar-refractivity contribution in [2.45, 2.75) is 47.6 Å². The fourth-order valence-corrected chi connectivity index (χ4v) is 4.55. The Balaban J connectivity index is 1.96. The number of carboxylic acid groups (broad SMARTS) is 1. The van der Waals surface area contributed by atoms with Crippen LogP contribution in [0.4, 0.5) is 0 Å². The van der Waals surface area contributed by atoms with Gasteiger partial charge in [0, 0.05) is 33.8 Å². The van der Waals surface area contributed by atoms with E-state index in [4.69, 9.17) is 16.3 Å². The number of fused-ring (bicyclic) bond motifs is 1. The number of rotatable bonds is 9. The lowest BCUT2D eigenvalue weighted by molar-refractivity contribution is -0.146. The number of halogens is 1. The van der Waals surface area contributed by atoms with E-state index >= 15 is 0 Å². The normalized spacial score (nSPS) is 11.9. The average Bonchev–Trinajstić information content (AvgIpc) is 3.19. The van der Waals surface area contributed by atoms with E-state index in [-0.39, 0.29) is 23.7 Å². The lowest BCUT2D eigenvalue weighted by Crippen LogP contribution is -2.29. The van der Waals surface area contributed by atoms with Crippen molar-refractivity contribution < 1.29 is 24.2 Å². The van der Waals surface area contributed by atoms with E-state index in [1.165, 1.54) is 0 Å². The first-order chi connectivity index (χ1) is 18.3. The third kappa shape index (κ3) is 5.91. The van der Waals surface area contributed by atoms with E-state index in [2.05, 4.69) is 0 Å². The van der Waals surface area contributed by atoms with Crippen LogP contribution in [-0.2, 0) is 17.8 Å². The number of benzene rings is 2. The van der Waals surface area contributed by atoms with Crippen molar-refractivity contribution in [1.82, 2.24) is 4.40 Å². The molecule has 2 aromatic carbocycles. The Morgan fingerprint density at radius 2 is 1.56 bits per heavy atom. The smallest absolute Gasteiger partial charge is 0.309 e. The Labute approximate surface area is 233 Å². The summed E-state index contributed by atoms with van der Waals surface area (Å²) in [6.07, 6.45) is 1.69. The van der Waals surface area contributed by atoms with Gasteiger partial charge in [-0.1, -0.05) is 62.7 Å². The van der Waals surface area contributed by atoms with Gasteiger partial charge >= 0.3 is 5.97 Å². The summed E-state index contributed by atoms with van der Waals surface area (Å²) >= 11 is 6.06. The SMILES string of the molecule is CC(C)(C)C(=O)c1c(CC(C)(C)C(=O)O)c(C(=O)c2ccc(Cl)cc2)n2ccc(OCc3ccccc3)cc12. The second kappa shape index (κ2) is 10.7. The molecule has 7 heteroatoms. The van der Waals surface area contributed by atoms with Gasteiger partial charge in [0.15, 0.2) is 5.78 Å². The van der Waals surface area contributed by atoms with Gasteiger partial charge in [-0.3, -0.25) is 14.4 Å². The number of nitrogens with zero attached hydrogens (tertiary/aromatic N) is 1. The Kier molecular flexibility index (Phi) is 7.71. The molecule has 0 atom stereocenters. The minimum Gasteiger partial charge on any atom is -0.489 e. The van der Waals surface area contributed by atoms with Crippen LogP contribution in [0.2, 0.25) is 5.02 Å². The molecule has 0 amide bonds. The maximum atomic E-state index is 14.0. The first-order valence-electron chi connectivity index (χ1n) is 12.7. The molecule has 39 heavy (non-hydrogen) atoms. The monoisotopic (exact) mass is 545 g/mol. The van der Waals surface area contributed by atoms with Crippen LogP contribution in [0.15, 0.2) is 72.9 Å². The maximum absolute atomic E-state index is 14.0. The number of Topliss-reactive ketones (excluding diaryl/α,β-unsaturated/α-hetero) is 1. The molecule has 0 bridgehead atoms. The fraction of sp³-hybridized carbons (Fsp3) is 0.281. The minimum atomic E-state index is -1.24. The van der Waals surface area contributed by atoms with E-state index in [0.717, 1.165) is 5.56 Å². The molecule has 202 valence electrons. The number of hydrogen-bond donors (Lipinski definition) is 1. The molecule has 0 aliphatic rings. The minimum absolute atomic E-state index is 0.0178. The molecule has 2 heterocycles. The quantitative estimate of drug-likeness (QED) is 0.223. The van der Waals surface area contributed by atoms with Gasteiger partial charge in [-0.15, -0.1) is 0 Å². The molecule has 4 rings (SSSR count). The van der Waals surface area contributed by atoms with Gasteiger partial charge in [-0.05, 0) is 61.7 Å². The molecule has 1 N–H and O–H groups in total. The second-order valence-electron chi connectivity index (χ2n) is 11.4. The predicted octanol–water partition coefficient (Wildman–Crippen LogP) is 7.28. The van der Waals surface area contributed by atoms with Gasteiger partial charge in [-0.25, -0.2) is 0 Å². The molecule has 0 fully saturated rings. The van der Waals surface area contributed by atoms with Gasteiger partial charge in [0.25, 0.3) is 0 Å². The summed E-state index contributed by atoms with van der Waals surface area (Å²) in [7, 11) is 0. The highest BCUT2D eigenvalue weighted by Gasteiger charge is 2.37. The molecule has 0 unspecified atom stereocenters. The van der Waals surface area contributed by atoms with Gasteiger partial charge in [0.2, 0.25) is 5.78 Å². The summed E-state index contributed by atoms with van der Waals surface area (Å²) in [5, 5.41) is 10.4. The predicted molar refractivity (Wildman–Crippen MR) is 152 cm³/mol. The van der Waals surface area contributed by atoms with E-state index in [1.807, 2.05) is 30.3 Å². The summed E-state index contributed by atoms with van der Waals surface area (Å²) in [6, 6.07) is 19.7. The van der Waals surface area contributed by atoms with Crippen molar-refractivity contribution in [3.8, 4) is 5.75 Å². The molecule has 4 aromatic rings. The number of pyridine rings is 1. The van der Waals surface area contributed by atoms with Crippen LogP contribution in [0, 0.1) is 10.8 Å². The number of carboxylic acids is 1. The zero-order valence-electron chi connectivity index (χ0n) is 22.7. The summed E-state index contributed by atoms with van der Waals surface area (Å²) in [5.74, 6) is -1.01. The largest absolute Gasteiger partial charge is 0.489 e. The van der Waals surface area contributed by atoms with Crippen LogP contribution in [0.25, 0.3) is 5.52 Å². The second-order valence-corrected chi connectivity index (χ2v) is 11.8. The Hall–Kier alpha value is -3.90. The van der Waals surface area contributed by atoms with Crippen LogP contribution in [0.5, 0.6) is 5.75 Å². The molecular formula is C32H32ClNO5. The number of carbonyl (C=O) groups is 3. The summed E-state index contributed by atoms with van der Waals surface area (Å²) in [5.41, 5.74) is 0.832. The summed E-state index contributed by atoms with van der Waals surface area (Å²) < 4.78 is 7.73. The molecule has 0 saturated heterocycles. The van der Waals surface area contributed by atoms with Gasteiger partial charge in [0.05, 0.1) is 16.6 Å². The molecule has 0 aliphatic heterocycles. The molecule has 0 radical (unpaired) electrons. The number of carbonyl (C=O) groups excluding carboxylic acids is 2. The van der Waals surface area contributed by atoms with Crippen molar-refractivity contribution in [3.05, 3.63) is 106 Å². The number of aliphatic carboxylic acids is 1. The van der Waals surface area contributed by atoms with E-state index in [1.54, 1.807) is 81.6 Å². The lowest BCUT2D eigenvalue weighted by Gasteiger charge is -2.22. The van der Waals surface area contributed by atoms with Crippen LogP contribution in [0.1, 0.15) is 72.2 Å². The van der Waals surface area contributed by atoms with Crippen molar-refractivity contribution in [2.75, 3.05) is 0 Å². The van der Waals surface area contributed by atoms with E-state index < -0.39 is 16.8 Å². The Morgan fingerprint density at radius 3 is 2.15 bits per heavy atom. The van der Waals surface area contributed by atoms with Crippen molar-refractivity contribution >= 4 is 34.7 Å². The van der Waals surface area contributed by atoms with Crippen LogP contribution >= 0.6 is 11.6 Å². The van der Waals surface area contributed by atoms with Crippen LogP contribution < -0.4 is 4.74 Å². The molecule has 0 spiro atoms. The Morgan fingerprint density at radius 1 is 0.923 bits per heavy atom. The lowest BCUT2D eigenvalue weighted by atomic mass is 9.79. The average molecular weight is 546 g/mol. The molecular weight excluding hydrogens is 514 g/mol. The van der Waals surface area contributed by atoms with Crippen LogP contribution in [0.3, 0.4) is 0 Å². The third-order valence-corrected chi connectivity index (χ3v) is 6.94. The zero-order valence-corrected chi connectivity index (χ0v) is 23.5. The van der Waals surface area contributed by atoms with Crippen molar-refractivity contribution in [3.63, 3.8) is 0 Å². The molecule has 2 aromatic heterocycles. The first kappa shape index (κ1) is 28.1. The zero-order chi connectivity index (χ0) is 28.5. The van der Waals surface area contributed by atoms with Crippen molar-refractivity contribution in [2.24, 2.45) is 10.8 Å². The number of ketones is 2. The summed E-state index contributed by atoms with van der Waals surface area (Å²) in [4.78, 5) is 40.1. The third-order valence-electron chi connectivity index (χ3n) is 6.69. The highest BCUT2D eigenvalue weighted by Crippen LogP contribution is 2.37. The van der Waals surface area contributed by atoms with E-state index in [0.29, 0.717) is 39.6 Å². The topological polar surface area (TPSA) is 85.1 Å². The summed E-state index contributed by atoms with van der Waals surface area (Å²) in [6.45, 7) is 8.93. The van der Waals surface area contributed by atoms with Gasteiger partial charge in [0.1, 0.15) is 12.4 Å². The van der Waals surface area contributed by atoms with Crippen molar-refractivity contribution in [1.29, 1.82) is 0 Å². The molecule has 6 nitrogen and oxygen atoms in total. The highest BCUT2D eigenvalue weighted by molar-refractivity contribution is 6.30. The number of aromatic nitrogens is 1. The van der Waals surface area contributed by atoms with Gasteiger partial charge < -0.3 is 14.2 Å². The van der Waals surface area contributed by atoms with E-state index in [9.17, 15) is 19.5 Å². The highest BCUT2D eigenvalue weighted by atomic mass is 35.5. The number of hydrogen-bond acceptors (Lipinski definition) is 4. The molecule has 0 saturated carbocycles. The first-order valence-corrected chi connectivity index (χ1v) is 13.1. The fourth-order valence-electron chi connectivity index (χ4n) is 4.42. The van der Waals surface area contributed by atoms with Crippen LogP contribution in [-0.4, -0.2) is 27.0 Å². The maximum Gasteiger partial charge on any atom is 0.309 e. The number of ether oxygens (including phenoxy) is 1. The molecule has 0 aliphatic carbocycles.